The molecule has 29 heavy (non-hydrogen) atoms. The van der Waals surface area contributed by atoms with Crippen LogP contribution in [0.2, 0.25) is 0 Å². The molecule has 3 rings (SSSR count). The van der Waals surface area contributed by atoms with Gasteiger partial charge >= 0.3 is 5.91 Å². The van der Waals surface area contributed by atoms with Crippen LogP contribution in [0.1, 0.15) is 26.9 Å². The van der Waals surface area contributed by atoms with E-state index in [2.05, 4.69) is 32.1 Å². The maximum atomic E-state index is 12.0. The van der Waals surface area contributed by atoms with Gasteiger partial charge in [0.05, 0.1) is 6.54 Å². The number of halogens is 1. The van der Waals surface area contributed by atoms with Crippen molar-refractivity contribution in [3.05, 3.63) is 76.5 Å². The van der Waals surface area contributed by atoms with E-state index in [4.69, 9.17) is 13.6 Å². The third kappa shape index (κ3) is 5.98. The van der Waals surface area contributed by atoms with Gasteiger partial charge in [0.1, 0.15) is 18.1 Å². The van der Waals surface area contributed by atoms with Crippen LogP contribution >= 0.6 is 15.9 Å². The largest absolute Gasteiger partial charge is 0.486 e. The van der Waals surface area contributed by atoms with E-state index in [9.17, 15) is 14.4 Å². The monoisotopic (exact) mass is 461 g/mol. The molecule has 0 unspecified atom stereocenters. The third-order valence-corrected chi connectivity index (χ3v) is 3.96. The van der Waals surface area contributed by atoms with E-state index in [0.29, 0.717) is 16.2 Å². The standard InChI is InChI=1S/C19H16BrN3O6/c20-16-9-8-14(29-16)18(25)21-10-17(24)22-23-19(26)15-7-6-13(28-15)11-27-12-4-2-1-3-5-12/h1-9H,10-11H2,(H,21,25)(H,22,24)(H,23,26). The normalized spacial score (nSPS) is 10.2. The molecule has 0 atom stereocenters. The van der Waals surface area contributed by atoms with Crippen LogP contribution in [0.25, 0.3) is 0 Å². The number of amides is 3. The van der Waals surface area contributed by atoms with Gasteiger partial charge in [-0.3, -0.25) is 25.2 Å². The molecule has 150 valence electrons. The lowest BCUT2D eigenvalue weighted by atomic mass is 10.3. The number of hydrogen-bond donors (Lipinski definition) is 3. The number of carbonyl (C=O) groups is 3. The second-order valence-electron chi connectivity index (χ2n) is 5.66. The lowest BCUT2D eigenvalue weighted by molar-refractivity contribution is -0.120. The number of rotatable bonds is 7. The van der Waals surface area contributed by atoms with Crippen LogP contribution in [0.3, 0.4) is 0 Å². The topological polar surface area (TPSA) is 123 Å². The van der Waals surface area contributed by atoms with Crippen LogP contribution in [0.4, 0.5) is 0 Å². The van der Waals surface area contributed by atoms with E-state index in [1.54, 1.807) is 24.3 Å². The lowest BCUT2D eigenvalue weighted by Crippen LogP contribution is -2.46. The fraction of sp³-hybridized carbons (Fsp3) is 0.105. The summed E-state index contributed by atoms with van der Waals surface area (Å²) in [4.78, 5) is 35.6. The number of para-hydroxylation sites is 1. The Balaban J connectivity index is 1.40. The summed E-state index contributed by atoms with van der Waals surface area (Å²) < 4.78 is 16.4. The SMILES string of the molecule is O=C(CNC(=O)c1ccc(Br)o1)NNC(=O)c1ccc(COc2ccccc2)o1. The van der Waals surface area contributed by atoms with Gasteiger partial charge < -0.3 is 18.9 Å². The molecule has 2 heterocycles. The maximum absolute atomic E-state index is 12.0. The van der Waals surface area contributed by atoms with Crippen molar-refractivity contribution in [1.29, 1.82) is 0 Å². The Kier molecular flexibility index (Phi) is 6.69. The van der Waals surface area contributed by atoms with Crippen molar-refractivity contribution in [2.75, 3.05) is 6.54 Å². The Bertz CT molecular complexity index is 998. The summed E-state index contributed by atoms with van der Waals surface area (Å²) in [6, 6.07) is 15.2. The Morgan fingerprint density at radius 3 is 2.31 bits per heavy atom. The summed E-state index contributed by atoms with van der Waals surface area (Å²) in [5.41, 5.74) is 4.37. The molecule has 0 spiro atoms. The summed E-state index contributed by atoms with van der Waals surface area (Å²) >= 11 is 3.08. The molecule has 10 heteroatoms. The first-order chi connectivity index (χ1) is 14.0. The number of nitrogens with one attached hydrogen (secondary N) is 3. The molecule has 0 saturated heterocycles. The van der Waals surface area contributed by atoms with Crippen LogP contribution < -0.4 is 20.9 Å². The van der Waals surface area contributed by atoms with Crippen LogP contribution in [-0.4, -0.2) is 24.3 Å². The summed E-state index contributed by atoms with van der Waals surface area (Å²) in [6.07, 6.45) is 0. The smallest absolute Gasteiger partial charge is 0.305 e. The van der Waals surface area contributed by atoms with Crippen LogP contribution in [0.5, 0.6) is 5.75 Å². The summed E-state index contributed by atoms with van der Waals surface area (Å²) in [5.74, 6) is -0.669. The Morgan fingerprint density at radius 2 is 1.59 bits per heavy atom. The third-order valence-electron chi connectivity index (χ3n) is 3.53. The molecule has 0 aliphatic rings. The summed E-state index contributed by atoms with van der Waals surface area (Å²) in [5, 5.41) is 2.36. The zero-order valence-corrected chi connectivity index (χ0v) is 16.5. The molecular formula is C19H16BrN3O6. The molecule has 0 fully saturated rings. The van der Waals surface area contributed by atoms with E-state index in [1.807, 2.05) is 18.2 Å². The van der Waals surface area contributed by atoms with Gasteiger partial charge in [-0.15, -0.1) is 0 Å². The van der Waals surface area contributed by atoms with Crippen molar-refractivity contribution in [3.8, 4) is 5.75 Å². The Morgan fingerprint density at radius 1 is 0.862 bits per heavy atom. The van der Waals surface area contributed by atoms with Gasteiger partial charge in [0.2, 0.25) is 0 Å². The van der Waals surface area contributed by atoms with Crippen molar-refractivity contribution in [3.63, 3.8) is 0 Å². The molecule has 0 aliphatic carbocycles. The molecule has 9 nitrogen and oxygen atoms in total. The number of benzene rings is 1. The van der Waals surface area contributed by atoms with Crippen molar-refractivity contribution >= 4 is 33.7 Å². The van der Waals surface area contributed by atoms with E-state index in [1.165, 1.54) is 12.1 Å². The number of furan rings is 2. The Hall–Kier alpha value is -3.53. The molecule has 1 aromatic carbocycles. The zero-order chi connectivity index (χ0) is 20.6. The molecule has 2 aromatic heterocycles. The highest BCUT2D eigenvalue weighted by Gasteiger charge is 2.14. The highest BCUT2D eigenvalue weighted by atomic mass is 79.9. The van der Waals surface area contributed by atoms with Crippen LogP contribution in [-0.2, 0) is 11.4 Å². The Labute approximate surface area is 173 Å². The fourth-order valence-electron chi connectivity index (χ4n) is 2.16. The van der Waals surface area contributed by atoms with Gasteiger partial charge in [0.25, 0.3) is 11.8 Å². The highest BCUT2D eigenvalue weighted by molar-refractivity contribution is 9.10. The van der Waals surface area contributed by atoms with Crippen molar-refractivity contribution < 1.29 is 28.0 Å². The van der Waals surface area contributed by atoms with Gasteiger partial charge in [-0.25, -0.2) is 0 Å². The minimum atomic E-state index is -0.648. The van der Waals surface area contributed by atoms with E-state index in [-0.39, 0.29) is 24.7 Å². The predicted octanol–water partition coefficient (Wildman–Crippen LogP) is 2.41. The minimum absolute atomic E-state index is 0.00133. The number of hydrogen-bond acceptors (Lipinski definition) is 6. The van der Waals surface area contributed by atoms with Crippen LogP contribution in [0.15, 0.2) is 68.1 Å². The highest BCUT2D eigenvalue weighted by Crippen LogP contribution is 2.14. The number of carbonyl (C=O) groups excluding carboxylic acids is 3. The first-order valence-corrected chi connectivity index (χ1v) is 9.20. The second kappa shape index (κ2) is 9.60. The van der Waals surface area contributed by atoms with Gasteiger partial charge in [-0.2, -0.15) is 0 Å². The molecule has 3 N–H and O–H groups in total. The molecule has 0 aliphatic heterocycles. The van der Waals surface area contributed by atoms with E-state index >= 15 is 0 Å². The molecule has 0 saturated carbocycles. The molecule has 3 amide bonds. The average molecular weight is 462 g/mol. The molecule has 0 radical (unpaired) electrons. The second-order valence-corrected chi connectivity index (χ2v) is 6.44. The van der Waals surface area contributed by atoms with Crippen molar-refractivity contribution in [1.82, 2.24) is 16.2 Å². The van der Waals surface area contributed by atoms with Gasteiger partial charge in [-0.1, -0.05) is 18.2 Å². The fourth-order valence-corrected chi connectivity index (χ4v) is 2.47. The first kappa shape index (κ1) is 20.2. The summed E-state index contributed by atoms with van der Waals surface area (Å²) in [6.45, 7) is -0.204. The number of hydrazine groups is 1. The average Bonchev–Trinajstić information content (AvgIpc) is 3.38. The van der Waals surface area contributed by atoms with Crippen molar-refractivity contribution in [2.45, 2.75) is 6.61 Å². The van der Waals surface area contributed by atoms with Crippen molar-refractivity contribution in [2.24, 2.45) is 0 Å². The maximum Gasteiger partial charge on any atom is 0.305 e. The van der Waals surface area contributed by atoms with Gasteiger partial charge in [-0.05, 0) is 52.3 Å². The number of ether oxygens (including phenoxy) is 1. The van der Waals surface area contributed by atoms with E-state index < -0.39 is 17.7 Å². The van der Waals surface area contributed by atoms with Gasteiger partial charge in [0, 0.05) is 0 Å². The molecular weight excluding hydrogens is 446 g/mol. The lowest BCUT2D eigenvalue weighted by Gasteiger charge is -2.07. The zero-order valence-electron chi connectivity index (χ0n) is 14.9. The first-order valence-electron chi connectivity index (χ1n) is 8.40. The minimum Gasteiger partial charge on any atom is -0.486 e. The molecule has 0 bridgehead atoms. The quantitative estimate of drug-likeness (QED) is 0.464. The van der Waals surface area contributed by atoms with E-state index in [0.717, 1.165) is 0 Å². The predicted molar refractivity (Wildman–Crippen MR) is 104 cm³/mol. The molecule has 3 aromatic rings. The van der Waals surface area contributed by atoms with Crippen LogP contribution in [0, 0.1) is 0 Å². The van der Waals surface area contributed by atoms with Gasteiger partial charge in [0.15, 0.2) is 16.2 Å². The summed E-state index contributed by atoms with van der Waals surface area (Å²) in [7, 11) is 0.